The Morgan fingerprint density at radius 3 is 2.56 bits per heavy atom. The van der Waals surface area contributed by atoms with Crippen LogP contribution in [-0.4, -0.2) is 24.1 Å². The van der Waals surface area contributed by atoms with E-state index in [2.05, 4.69) is 36.5 Å². The lowest BCUT2D eigenvalue weighted by Crippen LogP contribution is -2.01. The number of hydrogen-bond donors (Lipinski definition) is 2. The summed E-state index contributed by atoms with van der Waals surface area (Å²) in [6.45, 7) is 0. The Labute approximate surface area is 114 Å². The molecule has 1 aromatic carbocycles. The molecule has 0 amide bonds. The van der Waals surface area contributed by atoms with Crippen molar-refractivity contribution in [3.05, 3.63) is 34.9 Å². The number of benzene rings is 1. The number of nitrogens with zero attached hydrogens (tertiary/aromatic N) is 2. The van der Waals surface area contributed by atoms with Gasteiger partial charge in [0.2, 0.25) is 5.95 Å². The molecule has 2 N–H and O–H groups in total. The maximum Gasteiger partial charge on any atom is 0.229 e. The van der Waals surface area contributed by atoms with Gasteiger partial charge in [-0.2, -0.15) is 4.98 Å². The van der Waals surface area contributed by atoms with Crippen molar-refractivity contribution in [1.29, 1.82) is 0 Å². The second kappa shape index (κ2) is 5.68. The van der Waals surface area contributed by atoms with E-state index in [1.165, 1.54) is 0 Å². The lowest BCUT2D eigenvalue weighted by Gasteiger charge is -2.08. The van der Waals surface area contributed by atoms with Gasteiger partial charge in [-0.15, -0.1) is 0 Å². The second-order valence-corrected chi connectivity index (χ2v) is 4.35. The first-order valence-electron chi connectivity index (χ1n) is 5.34. The van der Waals surface area contributed by atoms with E-state index in [0.29, 0.717) is 5.95 Å². The molecule has 2 rings (SSSR count). The molecule has 0 bridgehead atoms. The fourth-order valence-corrected chi connectivity index (χ4v) is 1.80. The van der Waals surface area contributed by atoms with Crippen LogP contribution < -0.4 is 15.4 Å². The molecule has 18 heavy (non-hydrogen) atoms. The predicted molar refractivity (Wildman–Crippen MR) is 75.6 cm³/mol. The highest BCUT2D eigenvalue weighted by atomic mass is 79.9. The third-order valence-electron chi connectivity index (χ3n) is 2.33. The maximum absolute atomic E-state index is 5.10. The van der Waals surface area contributed by atoms with Crippen LogP contribution >= 0.6 is 15.9 Å². The Morgan fingerprint density at radius 2 is 1.94 bits per heavy atom. The summed E-state index contributed by atoms with van der Waals surface area (Å²) in [6.07, 6.45) is 1.70. The van der Waals surface area contributed by atoms with E-state index in [-0.39, 0.29) is 0 Å². The third kappa shape index (κ3) is 2.89. The van der Waals surface area contributed by atoms with Gasteiger partial charge in [0.1, 0.15) is 11.6 Å². The smallest absolute Gasteiger partial charge is 0.229 e. The number of rotatable bonds is 4. The summed E-state index contributed by atoms with van der Waals surface area (Å²) < 4.78 is 5.92. The fraction of sp³-hybridized carbons (Fsp3) is 0.167. The lowest BCUT2D eigenvalue weighted by molar-refractivity contribution is 0.415. The molecule has 2 aromatic rings. The Balaban J connectivity index is 2.17. The summed E-state index contributed by atoms with van der Waals surface area (Å²) in [5.74, 6) is 2.09. The molecule has 0 saturated heterocycles. The zero-order valence-corrected chi connectivity index (χ0v) is 11.7. The van der Waals surface area contributed by atoms with E-state index in [1.54, 1.807) is 13.3 Å². The van der Waals surface area contributed by atoms with Crippen molar-refractivity contribution in [2.24, 2.45) is 0 Å². The molecule has 94 valence electrons. The molecule has 0 saturated carbocycles. The summed E-state index contributed by atoms with van der Waals surface area (Å²) in [4.78, 5) is 8.50. The minimum absolute atomic E-state index is 0.535. The van der Waals surface area contributed by atoms with Crippen LogP contribution in [0.15, 0.2) is 34.9 Å². The van der Waals surface area contributed by atoms with E-state index in [9.17, 15) is 0 Å². The Morgan fingerprint density at radius 1 is 1.22 bits per heavy atom. The van der Waals surface area contributed by atoms with Crippen molar-refractivity contribution in [1.82, 2.24) is 9.97 Å². The summed E-state index contributed by atoms with van der Waals surface area (Å²) in [6, 6.07) is 7.56. The van der Waals surface area contributed by atoms with Crippen molar-refractivity contribution >= 4 is 33.4 Å². The predicted octanol–water partition coefficient (Wildman–Crippen LogP) is 3.03. The number of aromatic nitrogens is 2. The molecule has 0 unspecified atom stereocenters. The maximum atomic E-state index is 5.10. The second-order valence-electron chi connectivity index (χ2n) is 3.49. The molecule has 1 heterocycles. The molecular weight excluding hydrogens is 296 g/mol. The van der Waals surface area contributed by atoms with E-state index in [1.807, 2.05) is 31.3 Å². The van der Waals surface area contributed by atoms with Crippen LogP contribution in [-0.2, 0) is 0 Å². The fourth-order valence-electron chi connectivity index (χ4n) is 1.41. The SMILES string of the molecule is CNc1nc(Nc2ccc(OC)cc2)ncc1Br. The molecule has 0 aliphatic rings. The van der Waals surface area contributed by atoms with Gasteiger partial charge in [0.05, 0.1) is 11.6 Å². The standard InChI is InChI=1S/C12H13BrN4O/c1-14-11-10(13)7-15-12(17-11)16-8-3-5-9(18-2)6-4-8/h3-7H,1-2H3,(H2,14,15,16,17). The van der Waals surface area contributed by atoms with Crippen LogP contribution in [0.25, 0.3) is 0 Å². The molecule has 5 nitrogen and oxygen atoms in total. The Kier molecular flexibility index (Phi) is 3.99. The number of anilines is 3. The topological polar surface area (TPSA) is 59.1 Å². The van der Waals surface area contributed by atoms with Crippen molar-refractivity contribution in [3.8, 4) is 5.75 Å². The number of ether oxygens (including phenoxy) is 1. The highest BCUT2D eigenvalue weighted by Crippen LogP contribution is 2.22. The zero-order chi connectivity index (χ0) is 13.0. The quantitative estimate of drug-likeness (QED) is 0.909. The highest BCUT2D eigenvalue weighted by molar-refractivity contribution is 9.10. The average molecular weight is 309 g/mol. The first-order chi connectivity index (χ1) is 8.72. The van der Waals surface area contributed by atoms with Gasteiger partial charge in [-0.05, 0) is 40.2 Å². The van der Waals surface area contributed by atoms with Crippen LogP contribution in [0.4, 0.5) is 17.5 Å². The molecule has 6 heteroatoms. The number of methoxy groups -OCH3 is 1. The minimum atomic E-state index is 0.535. The summed E-state index contributed by atoms with van der Waals surface area (Å²) in [5.41, 5.74) is 0.903. The van der Waals surface area contributed by atoms with E-state index in [0.717, 1.165) is 21.7 Å². The van der Waals surface area contributed by atoms with Crippen LogP contribution in [0, 0.1) is 0 Å². The molecule has 1 aromatic heterocycles. The third-order valence-corrected chi connectivity index (χ3v) is 2.91. The van der Waals surface area contributed by atoms with Gasteiger partial charge in [-0.25, -0.2) is 4.98 Å². The van der Waals surface area contributed by atoms with E-state index >= 15 is 0 Å². The van der Waals surface area contributed by atoms with Gasteiger partial charge in [0, 0.05) is 18.9 Å². The molecule has 0 aliphatic heterocycles. The number of hydrogen-bond acceptors (Lipinski definition) is 5. The van der Waals surface area contributed by atoms with Crippen molar-refractivity contribution in [2.75, 3.05) is 24.8 Å². The van der Waals surface area contributed by atoms with Gasteiger partial charge in [-0.3, -0.25) is 0 Å². The van der Waals surface area contributed by atoms with Crippen LogP contribution in [0.2, 0.25) is 0 Å². The van der Waals surface area contributed by atoms with Gasteiger partial charge in [0.25, 0.3) is 0 Å². The van der Waals surface area contributed by atoms with E-state index < -0.39 is 0 Å². The molecule has 0 fully saturated rings. The highest BCUT2D eigenvalue weighted by Gasteiger charge is 2.03. The van der Waals surface area contributed by atoms with Gasteiger partial charge in [-0.1, -0.05) is 0 Å². The summed E-state index contributed by atoms with van der Waals surface area (Å²) in [7, 11) is 3.45. The number of nitrogens with one attached hydrogen (secondary N) is 2. The Hall–Kier alpha value is -1.82. The molecule has 0 aliphatic carbocycles. The lowest BCUT2D eigenvalue weighted by atomic mass is 10.3. The van der Waals surface area contributed by atoms with Gasteiger partial charge < -0.3 is 15.4 Å². The van der Waals surface area contributed by atoms with Crippen LogP contribution in [0.3, 0.4) is 0 Å². The van der Waals surface area contributed by atoms with Gasteiger partial charge in [0.15, 0.2) is 0 Å². The normalized spacial score (nSPS) is 9.94. The molecule has 0 radical (unpaired) electrons. The molecule has 0 atom stereocenters. The van der Waals surface area contributed by atoms with Gasteiger partial charge >= 0.3 is 0 Å². The largest absolute Gasteiger partial charge is 0.497 e. The summed E-state index contributed by atoms with van der Waals surface area (Å²) in [5, 5.41) is 6.10. The average Bonchev–Trinajstić information content (AvgIpc) is 2.42. The van der Waals surface area contributed by atoms with Crippen molar-refractivity contribution < 1.29 is 4.74 Å². The van der Waals surface area contributed by atoms with Crippen LogP contribution in [0.1, 0.15) is 0 Å². The van der Waals surface area contributed by atoms with Crippen LogP contribution in [0.5, 0.6) is 5.75 Å². The number of halogens is 1. The van der Waals surface area contributed by atoms with Crippen molar-refractivity contribution in [3.63, 3.8) is 0 Å². The summed E-state index contributed by atoms with van der Waals surface area (Å²) >= 11 is 3.36. The molecule has 0 spiro atoms. The Bertz CT molecular complexity index is 530. The van der Waals surface area contributed by atoms with E-state index in [4.69, 9.17) is 4.74 Å². The monoisotopic (exact) mass is 308 g/mol. The first kappa shape index (κ1) is 12.6. The molecular formula is C12H13BrN4O. The minimum Gasteiger partial charge on any atom is -0.497 e. The zero-order valence-electron chi connectivity index (χ0n) is 10.1. The van der Waals surface area contributed by atoms with Crippen molar-refractivity contribution in [2.45, 2.75) is 0 Å². The first-order valence-corrected chi connectivity index (χ1v) is 6.13.